The van der Waals surface area contributed by atoms with Crippen molar-refractivity contribution in [3.63, 3.8) is 0 Å². The molecule has 3 unspecified atom stereocenters. The number of rotatable bonds is 4. The van der Waals surface area contributed by atoms with E-state index in [-0.39, 0.29) is 0 Å². The average Bonchev–Trinajstić information content (AvgIpc) is 2.42. The van der Waals surface area contributed by atoms with Crippen molar-refractivity contribution in [3.05, 3.63) is 29.0 Å². The van der Waals surface area contributed by atoms with Crippen LogP contribution in [0.15, 0.2) is 18.3 Å². The Hall–Kier alpha value is -0.600. The van der Waals surface area contributed by atoms with Crippen LogP contribution in [-0.4, -0.2) is 12.0 Å². The van der Waals surface area contributed by atoms with Gasteiger partial charge < -0.3 is 5.32 Å². The minimum atomic E-state index is 0.368. The first-order chi connectivity index (χ1) is 8.76. The minimum absolute atomic E-state index is 0.368. The summed E-state index contributed by atoms with van der Waals surface area (Å²) in [6.45, 7) is 2.31. The van der Waals surface area contributed by atoms with E-state index in [1.165, 1.54) is 32.1 Å². The molecular formula is C15H23ClN2. The molecule has 0 amide bonds. The Kier molecular flexibility index (Phi) is 5.02. The Morgan fingerprint density at radius 2 is 2.17 bits per heavy atom. The monoisotopic (exact) mass is 266 g/mol. The second-order valence-corrected chi connectivity index (χ2v) is 5.72. The molecule has 1 saturated carbocycles. The van der Waals surface area contributed by atoms with Gasteiger partial charge in [-0.1, -0.05) is 44.2 Å². The predicted octanol–water partition coefficient (Wildman–Crippen LogP) is 4.21. The molecule has 100 valence electrons. The van der Waals surface area contributed by atoms with Gasteiger partial charge in [0.15, 0.2) is 0 Å². The number of nitrogens with zero attached hydrogens (tertiary/aromatic N) is 1. The zero-order valence-electron chi connectivity index (χ0n) is 11.3. The molecule has 1 aromatic rings. The molecular weight excluding hydrogens is 244 g/mol. The van der Waals surface area contributed by atoms with Gasteiger partial charge in [-0.15, -0.1) is 0 Å². The molecule has 1 fully saturated rings. The summed E-state index contributed by atoms with van der Waals surface area (Å²) in [6.07, 6.45) is 8.45. The highest BCUT2D eigenvalue weighted by molar-refractivity contribution is 6.30. The van der Waals surface area contributed by atoms with Crippen LogP contribution >= 0.6 is 11.6 Å². The van der Waals surface area contributed by atoms with Crippen LogP contribution in [0.25, 0.3) is 0 Å². The summed E-state index contributed by atoms with van der Waals surface area (Å²) in [6, 6.07) is 4.37. The molecule has 3 atom stereocenters. The number of nitrogens with one attached hydrogen (secondary N) is 1. The van der Waals surface area contributed by atoms with E-state index in [0.29, 0.717) is 17.0 Å². The zero-order valence-corrected chi connectivity index (χ0v) is 12.1. The van der Waals surface area contributed by atoms with Crippen molar-refractivity contribution in [2.45, 2.75) is 45.1 Å². The van der Waals surface area contributed by atoms with Gasteiger partial charge in [-0.05, 0) is 37.4 Å². The molecule has 18 heavy (non-hydrogen) atoms. The molecule has 1 aliphatic carbocycles. The number of hydrogen-bond donors (Lipinski definition) is 1. The van der Waals surface area contributed by atoms with E-state index in [2.05, 4.69) is 23.3 Å². The van der Waals surface area contributed by atoms with E-state index in [1.807, 2.05) is 13.1 Å². The highest BCUT2D eigenvalue weighted by atomic mass is 35.5. The Balaban J connectivity index is 2.18. The van der Waals surface area contributed by atoms with Crippen LogP contribution in [0.3, 0.4) is 0 Å². The fourth-order valence-electron chi connectivity index (χ4n) is 3.33. The maximum absolute atomic E-state index is 5.92. The molecule has 2 rings (SSSR count). The van der Waals surface area contributed by atoms with Crippen molar-refractivity contribution >= 4 is 11.6 Å². The number of pyridine rings is 1. The van der Waals surface area contributed by atoms with Crippen LogP contribution in [0, 0.1) is 11.8 Å². The molecule has 0 aromatic carbocycles. The van der Waals surface area contributed by atoms with Crippen molar-refractivity contribution < 1.29 is 0 Å². The van der Waals surface area contributed by atoms with E-state index in [0.717, 1.165) is 11.6 Å². The summed E-state index contributed by atoms with van der Waals surface area (Å²) in [5.74, 6) is 1.54. The van der Waals surface area contributed by atoms with E-state index < -0.39 is 0 Å². The van der Waals surface area contributed by atoms with E-state index in [1.54, 1.807) is 6.20 Å². The largest absolute Gasteiger partial charge is 0.311 e. The first kappa shape index (κ1) is 13.8. The Morgan fingerprint density at radius 1 is 1.39 bits per heavy atom. The molecule has 2 nitrogen and oxygen atoms in total. The smallest absolute Gasteiger partial charge is 0.0589 e. The predicted molar refractivity (Wildman–Crippen MR) is 76.8 cm³/mol. The van der Waals surface area contributed by atoms with E-state index >= 15 is 0 Å². The lowest BCUT2D eigenvalue weighted by atomic mass is 9.73. The first-order valence-electron chi connectivity index (χ1n) is 7.05. The molecule has 1 aliphatic rings. The third-order valence-electron chi connectivity index (χ3n) is 4.30. The third-order valence-corrected chi connectivity index (χ3v) is 4.52. The maximum atomic E-state index is 5.92. The molecule has 3 heteroatoms. The second-order valence-electron chi connectivity index (χ2n) is 5.28. The highest BCUT2D eigenvalue weighted by Crippen LogP contribution is 2.39. The van der Waals surface area contributed by atoms with Gasteiger partial charge in [0.1, 0.15) is 0 Å². The molecule has 0 radical (unpaired) electrons. The summed E-state index contributed by atoms with van der Waals surface area (Å²) in [7, 11) is 2.04. The maximum Gasteiger partial charge on any atom is 0.0589 e. The molecule has 1 aromatic heterocycles. The number of hydrogen-bond acceptors (Lipinski definition) is 2. The summed E-state index contributed by atoms with van der Waals surface area (Å²) < 4.78 is 0. The first-order valence-corrected chi connectivity index (χ1v) is 7.42. The topological polar surface area (TPSA) is 24.9 Å². The Labute approximate surface area is 115 Å². The summed E-state index contributed by atoms with van der Waals surface area (Å²) in [5.41, 5.74) is 1.13. The summed E-state index contributed by atoms with van der Waals surface area (Å²) >= 11 is 5.92. The molecule has 0 saturated heterocycles. The molecule has 1 N–H and O–H groups in total. The van der Waals surface area contributed by atoms with Gasteiger partial charge in [0.05, 0.1) is 16.8 Å². The normalized spacial score (nSPS) is 25.9. The SMILES string of the molecule is CCC1CCCCC1C(NC)c1ccc(Cl)cn1. The van der Waals surface area contributed by atoms with Crippen molar-refractivity contribution in [1.29, 1.82) is 0 Å². The minimum Gasteiger partial charge on any atom is -0.311 e. The van der Waals surface area contributed by atoms with Crippen LogP contribution < -0.4 is 5.32 Å². The summed E-state index contributed by atoms with van der Waals surface area (Å²) in [5, 5.41) is 4.18. The standard InChI is InChI=1S/C15H23ClN2/c1-3-11-6-4-5-7-13(11)15(17-2)14-9-8-12(16)10-18-14/h8-11,13,15,17H,3-7H2,1-2H3. The second kappa shape index (κ2) is 6.53. The fraction of sp³-hybridized carbons (Fsp3) is 0.667. The fourth-order valence-corrected chi connectivity index (χ4v) is 3.45. The van der Waals surface area contributed by atoms with E-state index in [4.69, 9.17) is 11.6 Å². The van der Waals surface area contributed by atoms with Crippen molar-refractivity contribution in [2.24, 2.45) is 11.8 Å². The lowest BCUT2D eigenvalue weighted by Gasteiger charge is -2.36. The number of aromatic nitrogens is 1. The number of halogens is 1. The van der Waals surface area contributed by atoms with Crippen molar-refractivity contribution in [3.8, 4) is 0 Å². The van der Waals surface area contributed by atoms with Crippen LogP contribution in [0.5, 0.6) is 0 Å². The van der Waals surface area contributed by atoms with Gasteiger partial charge >= 0.3 is 0 Å². The van der Waals surface area contributed by atoms with Crippen molar-refractivity contribution in [2.75, 3.05) is 7.05 Å². The quantitative estimate of drug-likeness (QED) is 0.883. The molecule has 0 aliphatic heterocycles. The molecule has 0 bridgehead atoms. The van der Waals surface area contributed by atoms with Gasteiger partial charge in [0.25, 0.3) is 0 Å². The lowest BCUT2D eigenvalue weighted by molar-refractivity contribution is 0.178. The Morgan fingerprint density at radius 3 is 2.78 bits per heavy atom. The average molecular weight is 267 g/mol. The van der Waals surface area contributed by atoms with Crippen LogP contribution in [0.2, 0.25) is 5.02 Å². The lowest BCUT2D eigenvalue weighted by Crippen LogP contribution is -2.33. The van der Waals surface area contributed by atoms with E-state index in [9.17, 15) is 0 Å². The van der Waals surface area contributed by atoms with Crippen LogP contribution in [0.1, 0.15) is 50.8 Å². The molecule has 0 spiro atoms. The van der Waals surface area contributed by atoms with Gasteiger partial charge in [0, 0.05) is 6.20 Å². The van der Waals surface area contributed by atoms with Gasteiger partial charge in [-0.25, -0.2) is 0 Å². The molecule has 1 heterocycles. The third kappa shape index (κ3) is 3.04. The van der Waals surface area contributed by atoms with Gasteiger partial charge in [-0.3, -0.25) is 4.98 Å². The van der Waals surface area contributed by atoms with Gasteiger partial charge in [0.2, 0.25) is 0 Å². The Bertz CT molecular complexity index is 363. The van der Waals surface area contributed by atoms with Crippen LogP contribution in [-0.2, 0) is 0 Å². The highest BCUT2D eigenvalue weighted by Gasteiger charge is 2.31. The van der Waals surface area contributed by atoms with Crippen LogP contribution in [0.4, 0.5) is 0 Å². The van der Waals surface area contributed by atoms with Gasteiger partial charge in [-0.2, -0.15) is 0 Å². The van der Waals surface area contributed by atoms with Crippen molar-refractivity contribution in [1.82, 2.24) is 10.3 Å². The summed E-state index contributed by atoms with van der Waals surface area (Å²) in [4.78, 5) is 4.50. The zero-order chi connectivity index (χ0) is 13.0.